The van der Waals surface area contributed by atoms with Crippen LogP contribution in [0.5, 0.6) is 5.75 Å². The van der Waals surface area contributed by atoms with E-state index in [-0.39, 0.29) is 11.0 Å². The molecule has 0 bridgehead atoms. The lowest BCUT2D eigenvalue weighted by molar-refractivity contribution is 0.0696. The van der Waals surface area contributed by atoms with Crippen LogP contribution in [0.4, 0.5) is 0 Å². The lowest BCUT2D eigenvalue weighted by Crippen LogP contribution is -2.02. The first-order valence-corrected chi connectivity index (χ1v) is 5.87. The van der Waals surface area contributed by atoms with E-state index in [1.165, 1.54) is 12.1 Å². The number of benzene rings is 1. The topological polar surface area (TPSA) is 46.5 Å². The predicted molar refractivity (Wildman–Crippen MR) is 70.9 cm³/mol. The standard InChI is InChI=1S/C15H18O3/c1-5-18-13-10-12(14(16)17)7-6-11(13)8-9-15(2,3)4/h6-7,10H,5H2,1-4H3,(H,16,17). The van der Waals surface area contributed by atoms with Gasteiger partial charge in [-0.05, 0) is 45.9 Å². The molecule has 0 radical (unpaired) electrons. The number of ether oxygens (including phenoxy) is 1. The van der Waals surface area contributed by atoms with E-state index in [2.05, 4.69) is 11.8 Å². The van der Waals surface area contributed by atoms with Gasteiger partial charge in [0, 0.05) is 5.41 Å². The summed E-state index contributed by atoms with van der Waals surface area (Å²) in [5.41, 5.74) is 0.825. The second-order valence-corrected chi connectivity index (χ2v) is 4.95. The van der Waals surface area contributed by atoms with Gasteiger partial charge in [0.25, 0.3) is 0 Å². The van der Waals surface area contributed by atoms with Gasteiger partial charge in [-0.2, -0.15) is 0 Å². The van der Waals surface area contributed by atoms with Gasteiger partial charge in [0.15, 0.2) is 0 Å². The fraction of sp³-hybridized carbons (Fsp3) is 0.400. The van der Waals surface area contributed by atoms with Crippen molar-refractivity contribution in [2.45, 2.75) is 27.7 Å². The summed E-state index contributed by atoms with van der Waals surface area (Å²) in [6.07, 6.45) is 0. The van der Waals surface area contributed by atoms with E-state index in [9.17, 15) is 4.79 Å². The highest BCUT2D eigenvalue weighted by molar-refractivity contribution is 5.88. The molecule has 0 aliphatic rings. The summed E-state index contributed by atoms with van der Waals surface area (Å²) in [5.74, 6) is 5.70. The predicted octanol–water partition coefficient (Wildman–Crippen LogP) is 3.18. The SMILES string of the molecule is CCOc1cc(C(=O)O)ccc1C#CC(C)(C)C. The number of hydrogen-bond donors (Lipinski definition) is 1. The summed E-state index contributed by atoms with van der Waals surface area (Å²) in [7, 11) is 0. The maximum Gasteiger partial charge on any atom is 0.335 e. The molecule has 0 aromatic heterocycles. The molecule has 0 atom stereocenters. The Morgan fingerprint density at radius 2 is 2.06 bits per heavy atom. The van der Waals surface area contributed by atoms with Gasteiger partial charge in [-0.25, -0.2) is 4.79 Å². The van der Waals surface area contributed by atoms with Gasteiger partial charge in [-0.15, -0.1) is 0 Å². The zero-order valence-electron chi connectivity index (χ0n) is 11.2. The van der Waals surface area contributed by atoms with Crippen molar-refractivity contribution in [3.8, 4) is 17.6 Å². The molecular formula is C15H18O3. The molecular weight excluding hydrogens is 228 g/mol. The average molecular weight is 246 g/mol. The van der Waals surface area contributed by atoms with E-state index in [1.54, 1.807) is 6.07 Å². The Bertz CT molecular complexity index is 499. The van der Waals surface area contributed by atoms with Crippen molar-refractivity contribution < 1.29 is 14.6 Å². The fourth-order valence-electron chi connectivity index (χ4n) is 1.29. The highest BCUT2D eigenvalue weighted by Gasteiger charge is 2.09. The molecule has 0 amide bonds. The minimum Gasteiger partial charge on any atom is -0.493 e. The molecule has 3 heteroatoms. The maximum atomic E-state index is 10.9. The fourth-order valence-corrected chi connectivity index (χ4v) is 1.29. The normalized spacial score (nSPS) is 10.4. The molecule has 96 valence electrons. The molecule has 3 nitrogen and oxygen atoms in total. The highest BCUT2D eigenvalue weighted by atomic mass is 16.5. The molecule has 0 heterocycles. The molecule has 0 spiro atoms. The van der Waals surface area contributed by atoms with E-state index in [1.807, 2.05) is 27.7 Å². The van der Waals surface area contributed by atoms with Gasteiger partial charge in [0.05, 0.1) is 17.7 Å². The molecule has 0 aliphatic carbocycles. The highest BCUT2D eigenvalue weighted by Crippen LogP contribution is 2.21. The van der Waals surface area contributed by atoms with Crippen molar-refractivity contribution in [1.29, 1.82) is 0 Å². The van der Waals surface area contributed by atoms with Crippen molar-refractivity contribution >= 4 is 5.97 Å². The van der Waals surface area contributed by atoms with Gasteiger partial charge < -0.3 is 9.84 Å². The van der Waals surface area contributed by atoms with Crippen molar-refractivity contribution in [2.24, 2.45) is 5.41 Å². The first kappa shape index (κ1) is 14.1. The number of rotatable bonds is 3. The van der Waals surface area contributed by atoms with E-state index in [0.29, 0.717) is 12.4 Å². The van der Waals surface area contributed by atoms with Crippen LogP contribution in [0.1, 0.15) is 43.6 Å². The first-order chi connectivity index (χ1) is 8.33. The zero-order chi connectivity index (χ0) is 13.8. The Morgan fingerprint density at radius 1 is 1.39 bits per heavy atom. The number of hydrogen-bond acceptors (Lipinski definition) is 2. The van der Waals surface area contributed by atoms with Crippen LogP contribution in [0.15, 0.2) is 18.2 Å². The molecule has 0 aliphatic heterocycles. The molecule has 1 rings (SSSR count). The van der Waals surface area contributed by atoms with Crippen molar-refractivity contribution in [2.75, 3.05) is 6.61 Å². The van der Waals surface area contributed by atoms with Crippen molar-refractivity contribution in [3.05, 3.63) is 29.3 Å². The van der Waals surface area contributed by atoms with E-state index < -0.39 is 5.97 Å². The third-order valence-electron chi connectivity index (χ3n) is 2.10. The van der Waals surface area contributed by atoms with Crippen molar-refractivity contribution in [1.82, 2.24) is 0 Å². The van der Waals surface area contributed by atoms with Crippen LogP contribution in [0.25, 0.3) is 0 Å². The zero-order valence-corrected chi connectivity index (χ0v) is 11.2. The summed E-state index contributed by atoms with van der Waals surface area (Å²) < 4.78 is 5.43. The smallest absolute Gasteiger partial charge is 0.335 e. The van der Waals surface area contributed by atoms with Gasteiger partial charge in [-0.1, -0.05) is 11.8 Å². The number of carboxylic acids is 1. The van der Waals surface area contributed by atoms with Crippen LogP contribution in [-0.4, -0.2) is 17.7 Å². The molecule has 0 fully saturated rings. The third kappa shape index (κ3) is 4.14. The third-order valence-corrected chi connectivity index (χ3v) is 2.10. The number of carbonyl (C=O) groups is 1. The minimum absolute atomic E-state index is 0.102. The molecule has 1 N–H and O–H groups in total. The van der Waals surface area contributed by atoms with Crippen LogP contribution in [0.2, 0.25) is 0 Å². The second-order valence-electron chi connectivity index (χ2n) is 4.95. The Morgan fingerprint density at radius 3 is 2.56 bits per heavy atom. The van der Waals surface area contributed by atoms with Crippen LogP contribution in [0, 0.1) is 17.3 Å². The van der Waals surface area contributed by atoms with E-state index in [4.69, 9.17) is 9.84 Å². The summed E-state index contributed by atoms with van der Waals surface area (Å²) in [6.45, 7) is 8.39. The Kier molecular flexibility index (Phi) is 4.38. The Labute approximate surface area is 108 Å². The Balaban J connectivity index is 3.18. The molecule has 0 saturated heterocycles. The van der Waals surface area contributed by atoms with Crippen LogP contribution in [0.3, 0.4) is 0 Å². The van der Waals surface area contributed by atoms with Crippen LogP contribution < -0.4 is 4.74 Å². The maximum absolute atomic E-state index is 10.9. The Hall–Kier alpha value is -1.95. The molecule has 0 saturated carbocycles. The average Bonchev–Trinajstić information content (AvgIpc) is 2.26. The van der Waals surface area contributed by atoms with Crippen LogP contribution >= 0.6 is 0 Å². The van der Waals surface area contributed by atoms with Gasteiger partial charge in [0.2, 0.25) is 0 Å². The monoisotopic (exact) mass is 246 g/mol. The summed E-state index contributed by atoms with van der Waals surface area (Å²) in [6, 6.07) is 4.74. The van der Waals surface area contributed by atoms with Crippen LogP contribution in [-0.2, 0) is 0 Å². The van der Waals surface area contributed by atoms with E-state index in [0.717, 1.165) is 5.56 Å². The molecule has 1 aromatic carbocycles. The van der Waals surface area contributed by atoms with Gasteiger partial charge >= 0.3 is 5.97 Å². The van der Waals surface area contributed by atoms with Crippen molar-refractivity contribution in [3.63, 3.8) is 0 Å². The summed E-state index contributed by atoms with van der Waals surface area (Å²) >= 11 is 0. The number of aromatic carboxylic acids is 1. The van der Waals surface area contributed by atoms with Gasteiger partial charge in [-0.3, -0.25) is 0 Å². The van der Waals surface area contributed by atoms with E-state index >= 15 is 0 Å². The lowest BCUT2D eigenvalue weighted by Gasteiger charge is -2.09. The lowest BCUT2D eigenvalue weighted by atomic mass is 9.97. The number of carboxylic acid groups (broad SMARTS) is 1. The quantitative estimate of drug-likeness (QED) is 0.833. The van der Waals surface area contributed by atoms with Gasteiger partial charge in [0.1, 0.15) is 5.75 Å². The molecule has 1 aromatic rings. The second kappa shape index (κ2) is 5.59. The molecule has 18 heavy (non-hydrogen) atoms. The summed E-state index contributed by atoms with van der Waals surface area (Å²) in [5, 5.41) is 8.94. The first-order valence-electron chi connectivity index (χ1n) is 5.87. The minimum atomic E-state index is -0.966. The molecule has 0 unspecified atom stereocenters. The summed E-state index contributed by atoms with van der Waals surface area (Å²) in [4.78, 5) is 10.9. The largest absolute Gasteiger partial charge is 0.493 e.